The van der Waals surface area contributed by atoms with Gasteiger partial charge in [0.15, 0.2) is 0 Å². The first kappa shape index (κ1) is 10.7. The van der Waals surface area contributed by atoms with Crippen molar-refractivity contribution < 1.29 is 5.11 Å². The quantitative estimate of drug-likeness (QED) is 0.827. The first-order chi connectivity index (χ1) is 7.27. The number of hydrogen-bond donors (Lipinski definition) is 1. The highest BCUT2D eigenvalue weighted by Crippen LogP contribution is 2.26. The summed E-state index contributed by atoms with van der Waals surface area (Å²) in [6.45, 7) is 5.53. The van der Waals surface area contributed by atoms with Gasteiger partial charge in [-0.05, 0) is 19.3 Å². The molecule has 3 heteroatoms. The minimum atomic E-state index is 0.132. The second kappa shape index (κ2) is 4.35. The third-order valence-electron chi connectivity index (χ3n) is 3.44. The second-order valence-corrected chi connectivity index (χ2v) is 4.44. The molecule has 1 aliphatic heterocycles. The highest BCUT2D eigenvalue weighted by atomic mass is 16.3. The molecule has 2 heterocycles. The Kier molecular flexibility index (Phi) is 3.10. The van der Waals surface area contributed by atoms with Crippen LogP contribution in [0.15, 0.2) is 0 Å². The summed E-state index contributed by atoms with van der Waals surface area (Å²) < 4.78 is 2.23. The van der Waals surface area contributed by atoms with E-state index in [-0.39, 0.29) is 6.61 Å². The van der Waals surface area contributed by atoms with E-state index >= 15 is 0 Å². The Balaban J connectivity index is 2.41. The maximum absolute atomic E-state index is 9.45. The zero-order valence-corrected chi connectivity index (χ0v) is 9.66. The van der Waals surface area contributed by atoms with Crippen molar-refractivity contribution in [2.75, 3.05) is 0 Å². The van der Waals surface area contributed by atoms with Gasteiger partial charge in [-0.1, -0.05) is 13.8 Å². The third-order valence-corrected chi connectivity index (χ3v) is 3.44. The van der Waals surface area contributed by atoms with Crippen molar-refractivity contribution in [1.82, 2.24) is 9.55 Å². The highest BCUT2D eigenvalue weighted by molar-refractivity contribution is 5.21. The van der Waals surface area contributed by atoms with Crippen LogP contribution < -0.4 is 0 Å². The number of nitrogens with zero attached hydrogens (tertiary/aromatic N) is 2. The molecule has 1 aromatic heterocycles. The molecule has 1 aliphatic rings. The Labute approximate surface area is 91.1 Å². The standard InChI is InChI=1S/C12H20N2O/c1-3-9(2)12-10(8-15)14-7-5-4-6-11(14)13-12/h9,15H,3-8H2,1-2H3/t9-/m1/s1. The number of fused-ring (bicyclic) bond motifs is 1. The van der Waals surface area contributed by atoms with Crippen LogP contribution in [0.2, 0.25) is 0 Å². The Bertz CT molecular complexity index is 344. The summed E-state index contributed by atoms with van der Waals surface area (Å²) in [6.07, 6.45) is 4.62. The van der Waals surface area contributed by atoms with Crippen LogP contribution >= 0.6 is 0 Å². The smallest absolute Gasteiger partial charge is 0.109 e. The van der Waals surface area contributed by atoms with Gasteiger partial charge in [-0.15, -0.1) is 0 Å². The number of aromatic nitrogens is 2. The summed E-state index contributed by atoms with van der Waals surface area (Å²) in [4.78, 5) is 4.70. The van der Waals surface area contributed by atoms with Crippen LogP contribution in [-0.2, 0) is 19.6 Å². The van der Waals surface area contributed by atoms with Crippen molar-refractivity contribution in [2.45, 2.75) is 58.6 Å². The number of aryl methyl sites for hydroxylation is 1. The molecule has 0 spiro atoms. The van der Waals surface area contributed by atoms with Crippen LogP contribution in [0, 0.1) is 0 Å². The monoisotopic (exact) mass is 208 g/mol. The molecule has 1 atom stereocenters. The summed E-state index contributed by atoms with van der Waals surface area (Å²) in [6, 6.07) is 0. The lowest BCUT2D eigenvalue weighted by molar-refractivity contribution is 0.266. The van der Waals surface area contributed by atoms with E-state index in [1.165, 1.54) is 18.7 Å². The van der Waals surface area contributed by atoms with E-state index in [9.17, 15) is 5.11 Å². The lowest BCUT2D eigenvalue weighted by Gasteiger charge is -2.15. The topological polar surface area (TPSA) is 38.0 Å². The molecule has 0 radical (unpaired) electrons. The molecular formula is C12H20N2O. The normalized spacial score (nSPS) is 17.5. The summed E-state index contributed by atoms with van der Waals surface area (Å²) in [5.74, 6) is 1.64. The van der Waals surface area contributed by atoms with Gasteiger partial charge in [0.2, 0.25) is 0 Å². The SMILES string of the molecule is CC[C@@H](C)c1nc2n(c1CO)CCCC2. The predicted molar refractivity (Wildman–Crippen MR) is 59.8 cm³/mol. The average molecular weight is 208 g/mol. The number of aliphatic hydroxyl groups is 1. The molecule has 3 nitrogen and oxygen atoms in total. The molecule has 15 heavy (non-hydrogen) atoms. The van der Waals surface area contributed by atoms with Crippen LogP contribution in [0.25, 0.3) is 0 Å². The van der Waals surface area contributed by atoms with Gasteiger partial charge in [0.05, 0.1) is 18.0 Å². The Morgan fingerprint density at radius 1 is 1.47 bits per heavy atom. The summed E-state index contributed by atoms with van der Waals surface area (Å²) in [7, 11) is 0. The molecular weight excluding hydrogens is 188 g/mol. The van der Waals surface area contributed by atoms with E-state index in [1.807, 2.05) is 0 Å². The molecule has 0 bridgehead atoms. The fourth-order valence-corrected chi connectivity index (χ4v) is 2.32. The van der Waals surface area contributed by atoms with Gasteiger partial charge >= 0.3 is 0 Å². The summed E-state index contributed by atoms with van der Waals surface area (Å²) in [5.41, 5.74) is 2.18. The van der Waals surface area contributed by atoms with Gasteiger partial charge in [0, 0.05) is 18.9 Å². The van der Waals surface area contributed by atoms with Gasteiger partial charge in [-0.2, -0.15) is 0 Å². The largest absolute Gasteiger partial charge is 0.390 e. The highest BCUT2D eigenvalue weighted by Gasteiger charge is 2.21. The van der Waals surface area contributed by atoms with E-state index in [1.54, 1.807) is 0 Å². The van der Waals surface area contributed by atoms with E-state index in [0.29, 0.717) is 5.92 Å². The van der Waals surface area contributed by atoms with Gasteiger partial charge < -0.3 is 9.67 Å². The Hall–Kier alpha value is -0.830. The van der Waals surface area contributed by atoms with Crippen molar-refractivity contribution in [2.24, 2.45) is 0 Å². The van der Waals surface area contributed by atoms with Crippen molar-refractivity contribution in [3.05, 3.63) is 17.2 Å². The van der Waals surface area contributed by atoms with E-state index in [4.69, 9.17) is 4.98 Å². The van der Waals surface area contributed by atoms with Gasteiger partial charge in [-0.25, -0.2) is 4.98 Å². The minimum Gasteiger partial charge on any atom is -0.390 e. The minimum absolute atomic E-state index is 0.132. The second-order valence-electron chi connectivity index (χ2n) is 4.44. The average Bonchev–Trinajstić information content (AvgIpc) is 2.66. The maximum Gasteiger partial charge on any atom is 0.109 e. The molecule has 0 amide bonds. The number of aliphatic hydroxyl groups excluding tert-OH is 1. The molecule has 0 aliphatic carbocycles. The molecule has 0 aromatic carbocycles. The van der Waals surface area contributed by atoms with E-state index < -0.39 is 0 Å². The van der Waals surface area contributed by atoms with Crippen molar-refractivity contribution >= 4 is 0 Å². The van der Waals surface area contributed by atoms with Gasteiger partial charge in [0.1, 0.15) is 5.82 Å². The fourth-order valence-electron chi connectivity index (χ4n) is 2.32. The van der Waals surface area contributed by atoms with E-state index in [2.05, 4.69) is 18.4 Å². The Morgan fingerprint density at radius 2 is 2.27 bits per heavy atom. The van der Waals surface area contributed by atoms with Gasteiger partial charge in [-0.3, -0.25) is 0 Å². The Morgan fingerprint density at radius 3 is 2.93 bits per heavy atom. The molecule has 0 unspecified atom stereocenters. The van der Waals surface area contributed by atoms with E-state index in [0.717, 1.165) is 30.8 Å². The van der Waals surface area contributed by atoms with Crippen molar-refractivity contribution in [3.63, 3.8) is 0 Å². The van der Waals surface area contributed by atoms with Crippen LogP contribution in [0.4, 0.5) is 0 Å². The van der Waals surface area contributed by atoms with Crippen LogP contribution in [0.1, 0.15) is 56.2 Å². The molecule has 84 valence electrons. The molecule has 0 saturated heterocycles. The maximum atomic E-state index is 9.45. The molecule has 1 aromatic rings. The summed E-state index contributed by atoms with van der Waals surface area (Å²) in [5, 5.41) is 9.45. The zero-order valence-electron chi connectivity index (χ0n) is 9.66. The lowest BCUT2D eigenvalue weighted by Crippen LogP contribution is -2.13. The molecule has 1 N–H and O–H groups in total. The number of hydrogen-bond acceptors (Lipinski definition) is 2. The lowest BCUT2D eigenvalue weighted by atomic mass is 10.0. The van der Waals surface area contributed by atoms with Gasteiger partial charge in [0.25, 0.3) is 0 Å². The zero-order chi connectivity index (χ0) is 10.8. The fraction of sp³-hybridized carbons (Fsp3) is 0.750. The van der Waals surface area contributed by atoms with Crippen LogP contribution in [0.3, 0.4) is 0 Å². The first-order valence-corrected chi connectivity index (χ1v) is 5.97. The number of imidazole rings is 1. The predicted octanol–water partition coefficient (Wildman–Crippen LogP) is 2.23. The molecule has 0 saturated carbocycles. The number of rotatable bonds is 3. The molecule has 0 fully saturated rings. The van der Waals surface area contributed by atoms with Crippen LogP contribution in [-0.4, -0.2) is 14.7 Å². The van der Waals surface area contributed by atoms with Crippen molar-refractivity contribution in [1.29, 1.82) is 0 Å². The van der Waals surface area contributed by atoms with Crippen LogP contribution in [0.5, 0.6) is 0 Å². The third kappa shape index (κ3) is 1.81. The van der Waals surface area contributed by atoms with Crippen molar-refractivity contribution in [3.8, 4) is 0 Å². The molecule has 2 rings (SSSR count). The summed E-state index contributed by atoms with van der Waals surface area (Å²) >= 11 is 0. The first-order valence-electron chi connectivity index (χ1n) is 5.97.